The summed E-state index contributed by atoms with van der Waals surface area (Å²) in [5.41, 5.74) is 1.42. The molecule has 2 aromatic rings. The number of hydrogen-bond donors (Lipinski definition) is 3. The molecule has 3 N–H and O–H groups in total. The first kappa shape index (κ1) is 47.8. The number of carbonyl (C=O) groups excluding carboxylic acids is 5. The summed E-state index contributed by atoms with van der Waals surface area (Å²) in [6.07, 6.45) is 0.835. The van der Waals surface area contributed by atoms with Gasteiger partial charge in [0.25, 0.3) is 0 Å². The van der Waals surface area contributed by atoms with Crippen LogP contribution in [0.4, 0.5) is 41.1 Å². The number of hydrazone groups is 2. The van der Waals surface area contributed by atoms with Gasteiger partial charge < -0.3 is 41.2 Å². The number of benzene rings is 2. The maximum atomic E-state index is 14.7. The van der Waals surface area contributed by atoms with Crippen LogP contribution >= 0.6 is 0 Å². The number of esters is 1. The molecule has 59 heavy (non-hydrogen) atoms. The zero-order valence-corrected chi connectivity index (χ0v) is 33.4. The fraction of sp³-hybridized carbons (Fsp3) is 0.472. The molecule has 4 amide bonds. The van der Waals surface area contributed by atoms with Crippen LogP contribution in [0, 0.1) is 11.6 Å². The average Bonchev–Trinajstić information content (AvgIpc) is 3.75. The van der Waals surface area contributed by atoms with Gasteiger partial charge in [-0.1, -0.05) is 0 Å². The van der Waals surface area contributed by atoms with Gasteiger partial charge in [0.05, 0.1) is 81.8 Å². The fourth-order valence-corrected chi connectivity index (χ4v) is 6.06. The third kappa shape index (κ3) is 13.2. The number of rotatable bonds is 13. The van der Waals surface area contributed by atoms with Gasteiger partial charge in [-0.15, -0.1) is 0 Å². The van der Waals surface area contributed by atoms with Crippen LogP contribution in [0.25, 0.3) is 0 Å². The first-order chi connectivity index (χ1) is 27.3. The van der Waals surface area contributed by atoms with Crippen molar-refractivity contribution in [3.8, 4) is 0 Å². The van der Waals surface area contributed by atoms with Crippen LogP contribution in [-0.4, -0.2) is 157 Å². The molecular formula is C36H47BF2LiN10O9. The molecule has 2 fully saturated rings. The minimum absolute atomic E-state index is 0. The van der Waals surface area contributed by atoms with E-state index >= 15 is 0 Å². The summed E-state index contributed by atoms with van der Waals surface area (Å²) >= 11 is 0. The standard InChI is InChI=1S/C19H24FN5O5.C17H22FN5O4.B.Li.H/c1-3-29-18(27)11-24-7-6-23(12-22-24)17-5-4-14(8-16(17)20)25-10-15(30-19(25)28)9-21-13(2)26;1-12(25)19-9-14-10-23(17(26)27-14)13-2-3-16(15(18)8-13)21-4-5-22(6-7-24)20-11-21;;;/h4-5,8,12,15H,3,6-7,9-11H2,1-2H3,(H,21,26);2-3,8,11,14,24H,4-7,9-10H2,1H3,(H,19,25);;;/q;;;+1;-1/t15-;14-;;;/m00.../s1. The van der Waals surface area contributed by atoms with Gasteiger partial charge in [-0.25, -0.2) is 18.4 Å². The summed E-state index contributed by atoms with van der Waals surface area (Å²) < 4.78 is 44.6. The quantitative estimate of drug-likeness (QED) is 0.114. The van der Waals surface area contributed by atoms with Crippen LogP contribution in [0.15, 0.2) is 46.6 Å². The van der Waals surface area contributed by atoms with Crippen molar-refractivity contribution in [2.24, 2.45) is 10.2 Å². The smallest absolute Gasteiger partial charge is 1.00 e. The molecule has 0 spiro atoms. The van der Waals surface area contributed by atoms with E-state index < -0.39 is 36.0 Å². The molecular weight excluding hydrogens is 772 g/mol. The van der Waals surface area contributed by atoms with Crippen LogP contribution in [0.2, 0.25) is 0 Å². The number of hydrogen-bond acceptors (Lipinski definition) is 15. The van der Waals surface area contributed by atoms with Crippen molar-refractivity contribution in [2.45, 2.75) is 33.0 Å². The van der Waals surface area contributed by atoms with E-state index in [0.29, 0.717) is 62.1 Å². The van der Waals surface area contributed by atoms with Gasteiger partial charge in [-0.3, -0.25) is 34.2 Å². The second kappa shape index (κ2) is 22.5. The number of nitrogens with zero attached hydrogens (tertiary/aromatic N) is 8. The van der Waals surface area contributed by atoms with E-state index in [2.05, 4.69) is 20.8 Å². The Morgan fingerprint density at radius 2 is 1.27 bits per heavy atom. The number of aliphatic hydroxyl groups excluding tert-OH is 1. The van der Waals surface area contributed by atoms with Gasteiger partial charge in [0.2, 0.25) is 11.8 Å². The predicted molar refractivity (Wildman–Crippen MR) is 211 cm³/mol. The van der Waals surface area contributed by atoms with E-state index in [-0.39, 0.29) is 85.8 Å². The summed E-state index contributed by atoms with van der Waals surface area (Å²) in [6.45, 7) is 8.11. The molecule has 4 aliphatic rings. The molecule has 4 aliphatic heterocycles. The zero-order valence-electron chi connectivity index (χ0n) is 34.4. The van der Waals surface area contributed by atoms with Crippen molar-refractivity contribution < 1.29 is 72.4 Å². The maximum Gasteiger partial charge on any atom is 1.00 e. The Morgan fingerprint density at radius 1 is 0.814 bits per heavy atom. The summed E-state index contributed by atoms with van der Waals surface area (Å²) in [4.78, 5) is 63.6. The zero-order chi connectivity index (χ0) is 41.1. The van der Waals surface area contributed by atoms with E-state index in [1.165, 1.54) is 48.5 Å². The minimum Gasteiger partial charge on any atom is -1.00 e. The number of anilines is 4. The second-order valence-electron chi connectivity index (χ2n) is 13.1. The fourth-order valence-electron chi connectivity index (χ4n) is 6.06. The topological polar surface area (TPSA) is 201 Å². The van der Waals surface area contributed by atoms with Gasteiger partial charge in [-0.05, 0) is 43.3 Å². The Hall–Kier alpha value is -5.59. The molecule has 2 saturated heterocycles. The Morgan fingerprint density at radius 3 is 1.64 bits per heavy atom. The minimum atomic E-state index is -0.591. The molecule has 0 unspecified atom stereocenters. The predicted octanol–water partition coefficient (Wildman–Crippen LogP) is -2.00. The Labute approximate surface area is 355 Å². The van der Waals surface area contributed by atoms with Crippen molar-refractivity contribution in [1.29, 1.82) is 0 Å². The van der Waals surface area contributed by atoms with Crippen molar-refractivity contribution in [3.05, 3.63) is 48.0 Å². The Bertz CT molecular complexity index is 1880. The van der Waals surface area contributed by atoms with Crippen LogP contribution in [0.1, 0.15) is 22.2 Å². The molecule has 0 aliphatic carbocycles. The molecule has 313 valence electrons. The number of halogens is 2. The third-order valence-electron chi connectivity index (χ3n) is 8.89. The van der Waals surface area contributed by atoms with E-state index in [1.807, 2.05) is 0 Å². The largest absolute Gasteiger partial charge is 1.00 e. The third-order valence-corrected chi connectivity index (χ3v) is 8.89. The summed E-state index contributed by atoms with van der Waals surface area (Å²) in [5, 5.41) is 25.7. The van der Waals surface area contributed by atoms with Crippen LogP contribution in [0.5, 0.6) is 0 Å². The van der Waals surface area contributed by atoms with Crippen molar-refractivity contribution in [3.63, 3.8) is 0 Å². The molecule has 0 bridgehead atoms. The monoisotopic (exact) mass is 819 g/mol. The normalized spacial score (nSPS) is 18.3. The van der Waals surface area contributed by atoms with E-state index in [9.17, 15) is 32.8 Å². The average molecular weight is 820 g/mol. The molecule has 0 aromatic heterocycles. The van der Waals surface area contributed by atoms with Gasteiger partial charge >= 0.3 is 37.0 Å². The number of cyclic esters (lactones) is 2. The van der Waals surface area contributed by atoms with E-state index in [0.717, 1.165) is 0 Å². The van der Waals surface area contributed by atoms with Crippen LogP contribution in [-0.2, 0) is 28.6 Å². The molecule has 2 atom stereocenters. The number of β-amino-alcohol motifs (C(OH)–C–C–N with tert-alkyl or cyclic N) is 1. The maximum absolute atomic E-state index is 14.7. The Kier molecular flexibility index (Phi) is 18.2. The summed E-state index contributed by atoms with van der Waals surface area (Å²) in [6, 6.07) is 8.97. The van der Waals surface area contributed by atoms with Gasteiger partial charge in [0.1, 0.15) is 43.1 Å². The SMILES string of the molecule is CC(=O)NC[C@H]1CN(c2ccc(N3C=NN(CCO)CC3)c(F)c2)C(=O)O1.CCOC(=O)CN1CCN(c2ccc(N3C[C@H](CNC(C)=O)OC3=O)cc2F)C=N1.[B].[H-].[Li+]. The molecule has 19 nitrogen and oxygen atoms in total. The van der Waals surface area contributed by atoms with Gasteiger partial charge in [-0.2, -0.15) is 10.2 Å². The van der Waals surface area contributed by atoms with E-state index in [1.54, 1.807) is 51.0 Å². The van der Waals surface area contributed by atoms with Gasteiger partial charge in [0.15, 0.2) is 0 Å². The van der Waals surface area contributed by atoms with Crippen molar-refractivity contribution in [2.75, 3.05) is 98.3 Å². The first-order valence-corrected chi connectivity index (χ1v) is 18.3. The van der Waals surface area contributed by atoms with Crippen molar-refractivity contribution >= 4 is 73.8 Å². The molecule has 4 heterocycles. The number of nitrogens with one attached hydrogen (secondary N) is 2. The summed E-state index contributed by atoms with van der Waals surface area (Å²) in [5.74, 6) is -1.79. The molecule has 6 rings (SSSR count). The number of aliphatic hydroxyl groups is 1. The summed E-state index contributed by atoms with van der Waals surface area (Å²) in [7, 11) is 0. The molecule has 0 saturated carbocycles. The first-order valence-electron chi connectivity index (χ1n) is 18.3. The molecule has 2 aromatic carbocycles. The second-order valence-corrected chi connectivity index (χ2v) is 13.1. The van der Waals surface area contributed by atoms with Crippen LogP contribution in [0.3, 0.4) is 0 Å². The number of ether oxygens (including phenoxy) is 3. The van der Waals surface area contributed by atoms with Gasteiger partial charge in [0, 0.05) is 35.4 Å². The number of amides is 4. The van der Waals surface area contributed by atoms with Crippen molar-refractivity contribution in [1.82, 2.24) is 20.7 Å². The Balaban J connectivity index is 0.000000396. The molecule has 3 radical (unpaired) electrons. The van der Waals surface area contributed by atoms with E-state index in [4.69, 9.17) is 19.3 Å². The molecule has 23 heteroatoms. The number of carbonyl (C=O) groups is 5. The van der Waals surface area contributed by atoms with Crippen LogP contribution < -0.4 is 49.1 Å².